The first-order valence-corrected chi connectivity index (χ1v) is 6.13. The van der Waals surface area contributed by atoms with Crippen LogP contribution in [0.4, 0.5) is 0 Å². The zero-order chi connectivity index (χ0) is 12.8. The highest BCUT2D eigenvalue weighted by Crippen LogP contribution is 2.10. The molecule has 5 nitrogen and oxygen atoms in total. The van der Waals surface area contributed by atoms with Crippen molar-refractivity contribution in [1.82, 2.24) is 9.80 Å². The van der Waals surface area contributed by atoms with Gasteiger partial charge in [-0.2, -0.15) is 0 Å². The Morgan fingerprint density at radius 3 is 1.76 bits per heavy atom. The van der Waals surface area contributed by atoms with Gasteiger partial charge in [-0.25, -0.2) is 0 Å². The maximum atomic E-state index is 11.6. The highest BCUT2D eigenvalue weighted by atomic mass is 16.2. The van der Waals surface area contributed by atoms with Crippen LogP contribution in [0.5, 0.6) is 0 Å². The second-order valence-electron chi connectivity index (χ2n) is 4.28. The predicted octanol–water partition coefficient (Wildman–Crippen LogP) is 0.292. The number of rotatable bonds is 3. The maximum Gasteiger partial charge on any atom is 0.222 e. The molecule has 0 aromatic heterocycles. The summed E-state index contributed by atoms with van der Waals surface area (Å²) in [6, 6.07) is 0. The summed E-state index contributed by atoms with van der Waals surface area (Å²) in [6.45, 7) is 5.54. The Balaban J connectivity index is 2.72. The molecule has 1 fully saturated rings. The quantitative estimate of drug-likeness (QED) is 0.666. The Morgan fingerprint density at radius 2 is 1.47 bits per heavy atom. The van der Waals surface area contributed by atoms with Crippen LogP contribution in [0.1, 0.15) is 26.7 Å². The molecule has 0 aliphatic carbocycles. The molecule has 1 aliphatic heterocycles. The molecule has 5 heteroatoms. The number of hydrogen-bond acceptors (Lipinski definition) is 3. The summed E-state index contributed by atoms with van der Waals surface area (Å²) in [6.07, 6.45) is 1.72. The van der Waals surface area contributed by atoms with Gasteiger partial charge in [0.25, 0.3) is 0 Å². The Hall–Kier alpha value is -1.39. The van der Waals surface area contributed by atoms with Crippen LogP contribution < -0.4 is 0 Å². The molecule has 0 spiro atoms. The summed E-state index contributed by atoms with van der Waals surface area (Å²) in [5, 5.41) is 0. The molecule has 0 atom stereocenters. The molecule has 17 heavy (non-hydrogen) atoms. The summed E-state index contributed by atoms with van der Waals surface area (Å²) in [5.74, 6) is -0.172. The summed E-state index contributed by atoms with van der Waals surface area (Å²) in [4.78, 5) is 37.6. The van der Waals surface area contributed by atoms with Crippen molar-refractivity contribution in [3.05, 3.63) is 0 Å². The first-order valence-electron chi connectivity index (χ1n) is 6.13. The van der Waals surface area contributed by atoms with Gasteiger partial charge < -0.3 is 14.6 Å². The van der Waals surface area contributed by atoms with E-state index in [0.29, 0.717) is 39.0 Å². The van der Waals surface area contributed by atoms with E-state index in [4.69, 9.17) is 0 Å². The first-order chi connectivity index (χ1) is 8.12. The van der Waals surface area contributed by atoms with Gasteiger partial charge in [-0.05, 0) is 0 Å². The van der Waals surface area contributed by atoms with Gasteiger partial charge in [-0.3, -0.25) is 9.59 Å². The van der Waals surface area contributed by atoms with Gasteiger partial charge in [0.15, 0.2) is 0 Å². The molecule has 96 valence electrons. The number of amides is 2. The van der Waals surface area contributed by atoms with Crippen molar-refractivity contribution >= 4 is 18.1 Å². The van der Waals surface area contributed by atoms with Crippen molar-refractivity contribution in [2.24, 2.45) is 5.92 Å². The van der Waals surface area contributed by atoms with Crippen molar-refractivity contribution in [2.75, 3.05) is 26.2 Å². The van der Waals surface area contributed by atoms with Crippen LogP contribution in [0.2, 0.25) is 0 Å². The van der Waals surface area contributed by atoms with Crippen LogP contribution in [-0.4, -0.2) is 54.1 Å². The minimum Gasteiger partial charge on any atom is -0.340 e. The highest BCUT2D eigenvalue weighted by Gasteiger charge is 2.26. The predicted molar refractivity (Wildman–Crippen MR) is 63.3 cm³/mol. The van der Waals surface area contributed by atoms with E-state index in [0.717, 1.165) is 6.29 Å². The molecule has 0 saturated carbocycles. The van der Waals surface area contributed by atoms with Gasteiger partial charge in [0.05, 0.1) is 0 Å². The zero-order valence-corrected chi connectivity index (χ0v) is 10.5. The number of aldehydes is 1. The Labute approximate surface area is 102 Å². The topological polar surface area (TPSA) is 57.7 Å². The van der Waals surface area contributed by atoms with E-state index in [1.165, 1.54) is 0 Å². The van der Waals surface area contributed by atoms with Crippen molar-refractivity contribution < 1.29 is 14.4 Å². The zero-order valence-electron chi connectivity index (χ0n) is 10.5. The standard InChI is InChI=1S/C12H20N2O3/c1-3-11(16)13-5-6-14(12(17)4-2)8-10(7-13)9-15/h9-10H,3-8H2,1-2H3. The third-order valence-electron chi connectivity index (χ3n) is 3.05. The average molecular weight is 240 g/mol. The Bertz CT molecular complexity index is 278. The molecular weight excluding hydrogens is 220 g/mol. The van der Waals surface area contributed by atoms with E-state index < -0.39 is 0 Å². The fraction of sp³-hybridized carbons (Fsp3) is 0.750. The molecule has 0 radical (unpaired) electrons. The third-order valence-corrected chi connectivity index (χ3v) is 3.05. The lowest BCUT2D eigenvalue weighted by atomic mass is 10.1. The van der Waals surface area contributed by atoms with Crippen LogP contribution in [0.25, 0.3) is 0 Å². The molecule has 1 aliphatic rings. The summed E-state index contributed by atoms with van der Waals surface area (Å²) in [7, 11) is 0. The van der Waals surface area contributed by atoms with E-state index in [-0.39, 0.29) is 17.7 Å². The van der Waals surface area contributed by atoms with Gasteiger partial charge in [-0.15, -0.1) is 0 Å². The lowest BCUT2D eigenvalue weighted by Crippen LogP contribution is -2.36. The van der Waals surface area contributed by atoms with Crippen molar-refractivity contribution in [2.45, 2.75) is 26.7 Å². The van der Waals surface area contributed by atoms with Crippen LogP contribution in [0, 0.1) is 5.92 Å². The van der Waals surface area contributed by atoms with Crippen LogP contribution >= 0.6 is 0 Å². The number of nitrogens with zero attached hydrogens (tertiary/aromatic N) is 2. The summed E-state index contributed by atoms with van der Waals surface area (Å²) >= 11 is 0. The van der Waals surface area contributed by atoms with Crippen LogP contribution in [0.3, 0.4) is 0 Å². The maximum absolute atomic E-state index is 11.6. The molecule has 0 bridgehead atoms. The normalized spacial score (nSPS) is 17.8. The van der Waals surface area contributed by atoms with Crippen LogP contribution in [0.15, 0.2) is 0 Å². The molecule has 1 rings (SSSR count). The molecule has 1 heterocycles. The monoisotopic (exact) mass is 240 g/mol. The van der Waals surface area contributed by atoms with E-state index in [1.54, 1.807) is 23.6 Å². The van der Waals surface area contributed by atoms with Gasteiger partial charge >= 0.3 is 0 Å². The van der Waals surface area contributed by atoms with Gasteiger partial charge in [0, 0.05) is 44.9 Å². The van der Waals surface area contributed by atoms with Gasteiger partial charge in [0.2, 0.25) is 11.8 Å². The van der Waals surface area contributed by atoms with Crippen molar-refractivity contribution in [1.29, 1.82) is 0 Å². The fourth-order valence-corrected chi connectivity index (χ4v) is 2.03. The lowest BCUT2D eigenvalue weighted by molar-refractivity contribution is -0.133. The first kappa shape index (κ1) is 13.7. The Kier molecular flexibility index (Phi) is 5.12. The highest BCUT2D eigenvalue weighted by molar-refractivity contribution is 5.78. The molecule has 0 aromatic carbocycles. The largest absolute Gasteiger partial charge is 0.340 e. The summed E-state index contributed by atoms with van der Waals surface area (Å²) in [5.41, 5.74) is 0. The average Bonchev–Trinajstić information content (AvgIpc) is 2.59. The number of carbonyl (C=O) groups is 3. The van der Waals surface area contributed by atoms with E-state index in [2.05, 4.69) is 0 Å². The molecule has 0 aromatic rings. The van der Waals surface area contributed by atoms with E-state index in [1.807, 2.05) is 0 Å². The fourth-order valence-electron chi connectivity index (χ4n) is 2.03. The Morgan fingerprint density at radius 1 is 1.06 bits per heavy atom. The lowest BCUT2D eigenvalue weighted by Gasteiger charge is -2.21. The minimum absolute atomic E-state index is 0.0441. The van der Waals surface area contributed by atoms with Crippen LogP contribution in [-0.2, 0) is 14.4 Å². The number of carbonyl (C=O) groups excluding carboxylic acids is 3. The van der Waals surface area contributed by atoms with Gasteiger partial charge in [-0.1, -0.05) is 13.8 Å². The molecular formula is C12H20N2O3. The second-order valence-corrected chi connectivity index (χ2v) is 4.28. The number of hydrogen-bond donors (Lipinski definition) is 0. The molecule has 2 amide bonds. The summed E-state index contributed by atoms with van der Waals surface area (Å²) < 4.78 is 0. The van der Waals surface area contributed by atoms with Crippen molar-refractivity contribution in [3.63, 3.8) is 0 Å². The van der Waals surface area contributed by atoms with Gasteiger partial charge in [0.1, 0.15) is 6.29 Å². The SMILES string of the molecule is CCC(=O)N1CCN(C(=O)CC)CC(C=O)C1. The minimum atomic E-state index is -0.261. The second kappa shape index (κ2) is 6.37. The van der Waals surface area contributed by atoms with Crippen molar-refractivity contribution in [3.8, 4) is 0 Å². The van der Waals surface area contributed by atoms with E-state index in [9.17, 15) is 14.4 Å². The molecule has 1 saturated heterocycles. The van der Waals surface area contributed by atoms with E-state index >= 15 is 0 Å². The molecule has 0 unspecified atom stereocenters. The molecule has 0 N–H and O–H groups in total. The third kappa shape index (κ3) is 3.54. The smallest absolute Gasteiger partial charge is 0.222 e.